The van der Waals surface area contributed by atoms with Crippen LogP contribution in [0.4, 0.5) is 0 Å². The minimum absolute atomic E-state index is 0.242. The molecule has 1 rings (SSSR count). The van der Waals surface area contributed by atoms with Gasteiger partial charge in [0.05, 0.1) is 6.33 Å². The van der Waals surface area contributed by atoms with Crippen molar-refractivity contribution < 1.29 is 0 Å². The maximum absolute atomic E-state index is 4.20. The Bertz CT molecular complexity index is 636. The van der Waals surface area contributed by atoms with Gasteiger partial charge in [0, 0.05) is 17.8 Å². The highest BCUT2D eigenvalue weighted by atomic mass is 14.9. The quantitative estimate of drug-likeness (QED) is 0.427. The van der Waals surface area contributed by atoms with Gasteiger partial charge in [-0.05, 0) is 44.3 Å². The fourth-order valence-corrected chi connectivity index (χ4v) is 2.70. The highest BCUT2D eigenvalue weighted by Gasteiger charge is 2.20. The van der Waals surface area contributed by atoms with Gasteiger partial charge in [-0.15, -0.1) is 0 Å². The molecule has 2 nitrogen and oxygen atoms in total. The van der Waals surface area contributed by atoms with E-state index < -0.39 is 0 Å². The third kappa shape index (κ3) is 10.7. The minimum Gasteiger partial charge on any atom is -0.348 e. The number of hydrogen-bond donors (Lipinski definition) is 1. The molecule has 0 amide bonds. The number of aromatic amines is 1. The molecule has 0 fully saturated rings. The first-order valence-corrected chi connectivity index (χ1v) is 10.4. The average Bonchev–Trinajstić information content (AvgIpc) is 3.24. The van der Waals surface area contributed by atoms with E-state index in [1.807, 2.05) is 53.0 Å². The molecule has 1 aromatic heterocycles. The summed E-state index contributed by atoms with van der Waals surface area (Å²) in [6.45, 7) is 24.3. The highest BCUT2D eigenvalue weighted by Crippen LogP contribution is 2.33. The van der Waals surface area contributed by atoms with E-state index in [2.05, 4.69) is 74.3 Å². The van der Waals surface area contributed by atoms with Crippen molar-refractivity contribution in [1.29, 1.82) is 0 Å². The molecule has 0 aliphatic heterocycles. The standard InChI is InChI=1S/C22H30N2.2C2H6/c1-7-10-20(11-8-2)21(22-15-23-16-24-22)14-18(6)19(9-3)13-12-17(4)5;2*1-2/h7-13,15-16,18,21H,1,3,14H2,2,4-6H3,(H,23,24);2*1-2H3/b11-8-,19-13+,20-10+;;. The van der Waals surface area contributed by atoms with Crippen LogP contribution >= 0.6 is 0 Å². The molecule has 1 heterocycles. The van der Waals surface area contributed by atoms with E-state index >= 15 is 0 Å². The van der Waals surface area contributed by atoms with Crippen molar-refractivity contribution in [3.63, 3.8) is 0 Å². The van der Waals surface area contributed by atoms with Crippen LogP contribution in [0.15, 0.2) is 84.9 Å². The Kier molecular flexibility index (Phi) is 17.9. The summed E-state index contributed by atoms with van der Waals surface area (Å²) in [6, 6.07) is 0. The topological polar surface area (TPSA) is 28.7 Å². The summed E-state index contributed by atoms with van der Waals surface area (Å²) in [5.74, 6) is 0.622. The lowest BCUT2D eigenvalue weighted by molar-refractivity contribution is 0.565. The zero-order valence-electron chi connectivity index (χ0n) is 19.4. The number of allylic oxidation sites excluding steroid dienone is 10. The first kappa shape index (κ1) is 27.9. The second-order valence-corrected chi connectivity index (χ2v) is 6.21. The van der Waals surface area contributed by atoms with Gasteiger partial charge in [0.2, 0.25) is 0 Å². The third-order valence-electron chi connectivity index (χ3n) is 3.97. The van der Waals surface area contributed by atoms with Crippen LogP contribution in [0.25, 0.3) is 0 Å². The van der Waals surface area contributed by atoms with Crippen LogP contribution in [-0.2, 0) is 0 Å². The van der Waals surface area contributed by atoms with E-state index in [-0.39, 0.29) is 5.92 Å². The fourth-order valence-electron chi connectivity index (χ4n) is 2.70. The monoisotopic (exact) mass is 382 g/mol. The first-order chi connectivity index (χ1) is 13.5. The maximum atomic E-state index is 4.20. The van der Waals surface area contributed by atoms with E-state index in [4.69, 9.17) is 0 Å². The van der Waals surface area contributed by atoms with Gasteiger partial charge < -0.3 is 4.98 Å². The van der Waals surface area contributed by atoms with E-state index in [1.165, 1.54) is 16.7 Å². The fraction of sp³-hybridized carbons (Fsp3) is 0.423. The zero-order valence-corrected chi connectivity index (χ0v) is 19.4. The van der Waals surface area contributed by atoms with Crippen LogP contribution in [0.2, 0.25) is 0 Å². The van der Waals surface area contributed by atoms with Gasteiger partial charge in [-0.25, -0.2) is 4.98 Å². The largest absolute Gasteiger partial charge is 0.348 e. The molecule has 0 spiro atoms. The summed E-state index contributed by atoms with van der Waals surface area (Å²) in [7, 11) is 0. The van der Waals surface area contributed by atoms with Crippen molar-refractivity contribution in [3.05, 3.63) is 90.6 Å². The van der Waals surface area contributed by atoms with Gasteiger partial charge in [0.25, 0.3) is 0 Å². The van der Waals surface area contributed by atoms with Crippen molar-refractivity contribution in [1.82, 2.24) is 9.97 Å². The molecule has 2 heteroatoms. The van der Waals surface area contributed by atoms with E-state index in [9.17, 15) is 0 Å². The Morgan fingerprint density at radius 1 is 1.07 bits per heavy atom. The lowest BCUT2D eigenvalue weighted by atomic mass is 9.83. The van der Waals surface area contributed by atoms with Crippen LogP contribution in [0, 0.1) is 5.92 Å². The van der Waals surface area contributed by atoms with Crippen molar-refractivity contribution >= 4 is 0 Å². The number of nitrogens with one attached hydrogen (secondary N) is 1. The van der Waals surface area contributed by atoms with Crippen molar-refractivity contribution in [3.8, 4) is 0 Å². The predicted molar refractivity (Wildman–Crippen MR) is 129 cm³/mol. The minimum atomic E-state index is 0.242. The SMILES string of the molecule is C=C/C=C(\C=C/C)C(CC(C)/C(C=C)=C/C=C(C)C)c1cnc[nH]1.CC.CC. The van der Waals surface area contributed by atoms with Crippen LogP contribution in [-0.4, -0.2) is 9.97 Å². The molecular formula is C26H42N2. The van der Waals surface area contributed by atoms with Gasteiger partial charge in [0.15, 0.2) is 0 Å². The van der Waals surface area contributed by atoms with Crippen LogP contribution in [0.5, 0.6) is 0 Å². The van der Waals surface area contributed by atoms with E-state index in [0.717, 1.165) is 12.1 Å². The lowest BCUT2D eigenvalue weighted by Gasteiger charge is -2.22. The summed E-state index contributed by atoms with van der Waals surface area (Å²) in [5, 5.41) is 0. The summed E-state index contributed by atoms with van der Waals surface area (Å²) < 4.78 is 0. The number of nitrogens with zero attached hydrogens (tertiary/aromatic N) is 1. The lowest BCUT2D eigenvalue weighted by Crippen LogP contribution is -2.09. The van der Waals surface area contributed by atoms with Crippen LogP contribution in [0.1, 0.15) is 73.4 Å². The van der Waals surface area contributed by atoms with E-state index in [0.29, 0.717) is 5.92 Å². The highest BCUT2D eigenvalue weighted by molar-refractivity contribution is 5.35. The molecule has 1 N–H and O–H groups in total. The summed E-state index contributed by atoms with van der Waals surface area (Å²) >= 11 is 0. The first-order valence-electron chi connectivity index (χ1n) is 10.4. The molecule has 0 aromatic carbocycles. The zero-order chi connectivity index (χ0) is 21.9. The molecule has 2 unspecified atom stereocenters. The Labute approximate surface area is 174 Å². The third-order valence-corrected chi connectivity index (χ3v) is 3.97. The second-order valence-electron chi connectivity index (χ2n) is 6.21. The molecule has 0 radical (unpaired) electrons. The van der Waals surface area contributed by atoms with Crippen molar-refractivity contribution in [2.24, 2.45) is 5.92 Å². The molecule has 0 saturated heterocycles. The molecule has 156 valence electrons. The Hall–Kier alpha value is -2.35. The maximum Gasteiger partial charge on any atom is 0.0921 e. The Balaban J connectivity index is 0. The summed E-state index contributed by atoms with van der Waals surface area (Å²) in [6.07, 6.45) is 19.0. The molecule has 2 atom stereocenters. The Morgan fingerprint density at radius 2 is 1.71 bits per heavy atom. The smallest absolute Gasteiger partial charge is 0.0921 e. The van der Waals surface area contributed by atoms with Gasteiger partial charge in [0.1, 0.15) is 0 Å². The molecular weight excluding hydrogens is 340 g/mol. The van der Waals surface area contributed by atoms with E-state index in [1.54, 1.807) is 6.33 Å². The molecule has 0 bridgehead atoms. The van der Waals surface area contributed by atoms with Crippen molar-refractivity contribution in [2.45, 2.75) is 67.7 Å². The molecule has 0 saturated carbocycles. The normalized spacial score (nSPS) is 13.4. The molecule has 1 aromatic rings. The van der Waals surface area contributed by atoms with Gasteiger partial charge in [-0.1, -0.05) is 95.9 Å². The number of imidazole rings is 1. The van der Waals surface area contributed by atoms with Gasteiger partial charge >= 0.3 is 0 Å². The number of rotatable bonds is 9. The van der Waals surface area contributed by atoms with Crippen LogP contribution < -0.4 is 0 Å². The number of aromatic nitrogens is 2. The molecule has 28 heavy (non-hydrogen) atoms. The summed E-state index contributed by atoms with van der Waals surface area (Å²) in [5.41, 5.74) is 4.89. The summed E-state index contributed by atoms with van der Waals surface area (Å²) in [4.78, 5) is 7.47. The number of hydrogen-bond acceptors (Lipinski definition) is 1. The average molecular weight is 383 g/mol. The second kappa shape index (κ2) is 18.0. The van der Waals surface area contributed by atoms with Gasteiger partial charge in [-0.2, -0.15) is 0 Å². The van der Waals surface area contributed by atoms with Crippen molar-refractivity contribution in [2.75, 3.05) is 0 Å². The molecule has 0 aliphatic rings. The predicted octanol–water partition coefficient (Wildman–Crippen LogP) is 8.34. The van der Waals surface area contributed by atoms with Crippen LogP contribution in [0.3, 0.4) is 0 Å². The van der Waals surface area contributed by atoms with Gasteiger partial charge in [-0.3, -0.25) is 0 Å². The molecule has 0 aliphatic carbocycles. The Morgan fingerprint density at radius 3 is 2.14 bits per heavy atom. The number of H-pyrrole nitrogens is 1.